The van der Waals surface area contributed by atoms with Crippen molar-refractivity contribution in [2.75, 3.05) is 26.2 Å². The van der Waals surface area contributed by atoms with Crippen LogP contribution in [0.25, 0.3) is 0 Å². The summed E-state index contributed by atoms with van der Waals surface area (Å²) in [6, 6.07) is 6.57. The number of piperazine rings is 1. The summed E-state index contributed by atoms with van der Waals surface area (Å²) in [5.74, 6) is 0. The highest BCUT2D eigenvalue weighted by Crippen LogP contribution is 2.35. The van der Waals surface area contributed by atoms with Gasteiger partial charge in [-0.3, -0.25) is 9.88 Å². The van der Waals surface area contributed by atoms with Crippen molar-refractivity contribution >= 4 is 47.8 Å². The van der Waals surface area contributed by atoms with E-state index in [1.807, 2.05) is 12.3 Å². The molecule has 1 fully saturated rings. The molecule has 0 amide bonds. The van der Waals surface area contributed by atoms with Crippen LogP contribution in [0.1, 0.15) is 16.5 Å². The topological polar surface area (TPSA) is 28.2 Å². The van der Waals surface area contributed by atoms with Crippen LogP contribution < -0.4 is 5.32 Å². The van der Waals surface area contributed by atoms with Gasteiger partial charge in [0.25, 0.3) is 0 Å². The number of nitrogens with one attached hydrogen (secondary N) is 1. The highest BCUT2D eigenvalue weighted by molar-refractivity contribution is 7.10. The zero-order valence-corrected chi connectivity index (χ0v) is 14.6. The van der Waals surface area contributed by atoms with Gasteiger partial charge in [0.05, 0.1) is 11.1 Å². The van der Waals surface area contributed by atoms with E-state index in [0.717, 1.165) is 36.8 Å². The summed E-state index contributed by atoms with van der Waals surface area (Å²) in [6.45, 7) is 4.15. The third kappa shape index (κ3) is 4.31. The Morgan fingerprint density at radius 3 is 2.62 bits per heavy atom. The summed E-state index contributed by atoms with van der Waals surface area (Å²) in [7, 11) is 0. The van der Waals surface area contributed by atoms with E-state index in [4.69, 9.17) is 11.6 Å². The van der Waals surface area contributed by atoms with Crippen LogP contribution in [-0.2, 0) is 0 Å². The summed E-state index contributed by atoms with van der Waals surface area (Å²) in [5.41, 5.74) is 1.15. The summed E-state index contributed by atoms with van der Waals surface area (Å²) < 4.78 is 0. The standard InChI is InChI=1S/C14H16ClN3S.2ClH/c15-12-10-17-4-3-11(12)14(13-2-1-9-19-13)18-7-5-16-6-8-18;;/h1-4,9-10,14,16H,5-8H2;2*1H/t14-;;/m0../s1. The number of halogens is 3. The Hall–Kier alpha value is -0.360. The Kier molecular flexibility index (Phi) is 7.95. The molecular weight excluding hydrogens is 349 g/mol. The molecule has 1 aliphatic heterocycles. The van der Waals surface area contributed by atoms with Crippen LogP contribution >= 0.6 is 47.8 Å². The minimum absolute atomic E-state index is 0. The lowest BCUT2D eigenvalue weighted by Crippen LogP contribution is -2.45. The van der Waals surface area contributed by atoms with E-state index in [1.165, 1.54) is 4.88 Å². The highest BCUT2D eigenvalue weighted by Gasteiger charge is 2.26. The van der Waals surface area contributed by atoms with E-state index >= 15 is 0 Å². The van der Waals surface area contributed by atoms with E-state index in [2.05, 4.69) is 32.7 Å². The molecule has 116 valence electrons. The number of pyridine rings is 1. The maximum absolute atomic E-state index is 6.35. The highest BCUT2D eigenvalue weighted by atomic mass is 35.5. The van der Waals surface area contributed by atoms with Crippen molar-refractivity contribution in [3.63, 3.8) is 0 Å². The summed E-state index contributed by atoms with van der Waals surface area (Å²) in [4.78, 5) is 7.93. The monoisotopic (exact) mass is 365 g/mol. The second kappa shape index (κ2) is 8.93. The van der Waals surface area contributed by atoms with E-state index in [0.29, 0.717) is 0 Å². The molecule has 0 bridgehead atoms. The van der Waals surface area contributed by atoms with Crippen LogP contribution in [0.15, 0.2) is 36.0 Å². The lowest BCUT2D eigenvalue weighted by Gasteiger charge is -2.35. The maximum atomic E-state index is 6.35. The molecule has 2 aromatic rings. The third-order valence-electron chi connectivity index (χ3n) is 3.43. The first-order valence-corrected chi connectivity index (χ1v) is 7.69. The first-order chi connectivity index (χ1) is 9.36. The number of hydrogen-bond donors (Lipinski definition) is 1. The number of rotatable bonds is 3. The van der Waals surface area contributed by atoms with Gasteiger partial charge >= 0.3 is 0 Å². The van der Waals surface area contributed by atoms with E-state index < -0.39 is 0 Å². The molecule has 1 saturated heterocycles. The second-order valence-electron chi connectivity index (χ2n) is 4.60. The smallest absolute Gasteiger partial charge is 0.0712 e. The van der Waals surface area contributed by atoms with Crippen LogP contribution in [0.4, 0.5) is 0 Å². The van der Waals surface area contributed by atoms with Crippen molar-refractivity contribution in [3.8, 4) is 0 Å². The van der Waals surface area contributed by atoms with Crippen molar-refractivity contribution in [2.24, 2.45) is 0 Å². The molecule has 2 aromatic heterocycles. The molecule has 3 heterocycles. The molecule has 1 atom stereocenters. The van der Waals surface area contributed by atoms with Gasteiger partial charge in [0.15, 0.2) is 0 Å². The van der Waals surface area contributed by atoms with Crippen LogP contribution in [0.5, 0.6) is 0 Å². The van der Waals surface area contributed by atoms with Gasteiger partial charge in [0.2, 0.25) is 0 Å². The minimum Gasteiger partial charge on any atom is -0.314 e. The third-order valence-corrected chi connectivity index (χ3v) is 4.67. The van der Waals surface area contributed by atoms with Gasteiger partial charge in [0, 0.05) is 43.4 Å². The molecule has 1 N–H and O–H groups in total. The fraction of sp³-hybridized carbons (Fsp3) is 0.357. The molecule has 0 aliphatic carbocycles. The largest absolute Gasteiger partial charge is 0.314 e. The Morgan fingerprint density at radius 1 is 1.24 bits per heavy atom. The molecule has 0 radical (unpaired) electrons. The van der Waals surface area contributed by atoms with Crippen LogP contribution in [0.2, 0.25) is 5.02 Å². The molecule has 1 aliphatic rings. The Balaban J connectivity index is 0.00000110. The molecule has 3 nitrogen and oxygen atoms in total. The van der Waals surface area contributed by atoms with Crippen LogP contribution in [0.3, 0.4) is 0 Å². The first-order valence-electron chi connectivity index (χ1n) is 6.44. The predicted octanol–water partition coefficient (Wildman–Crippen LogP) is 3.63. The molecule has 3 rings (SSSR count). The van der Waals surface area contributed by atoms with E-state index in [1.54, 1.807) is 17.5 Å². The van der Waals surface area contributed by atoms with Crippen molar-refractivity contribution in [2.45, 2.75) is 6.04 Å². The number of nitrogens with zero attached hydrogens (tertiary/aromatic N) is 2. The summed E-state index contributed by atoms with van der Waals surface area (Å²) in [5, 5.41) is 6.27. The molecular formula is C14H18Cl3N3S. The lowest BCUT2D eigenvalue weighted by atomic mass is 10.0. The predicted molar refractivity (Wildman–Crippen MR) is 94.3 cm³/mol. The molecule has 0 saturated carbocycles. The van der Waals surface area contributed by atoms with Crippen molar-refractivity contribution in [1.29, 1.82) is 0 Å². The molecule has 0 spiro atoms. The molecule has 7 heteroatoms. The van der Waals surface area contributed by atoms with Gasteiger partial charge in [-0.15, -0.1) is 36.2 Å². The molecule has 0 unspecified atom stereocenters. The first kappa shape index (κ1) is 18.7. The Bertz CT molecular complexity index is 530. The van der Waals surface area contributed by atoms with E-state index in [-0.39, 0.29) is 30.9 Å². The average Bonchev–Trinajstić information content (AvgIpc) is 2.96. The SMILES string of the molecule is Cl.Cl.Clc1cnccc1[C@@H](c1cccs1)N1CCNCC1. The summed E-state index contributed by atoms with van der Waals surface area (Å²) >= 11 is 8.14. The van der Waals surface area contributed by atoms with Gasteiger partial charge in [-0.1, -0.05) is 17.7 Å². The minimum atomic E-state index is 0. The van der Waals surface area contributed by atoms with Gasteiger partial charge in [0.1, 0.15) is 0 Å². The maximum Gasteiger partial charge on any atom is 0.0712 e. The zero-order chi connectivity index (χ0) is 13.1. The van der Waals surface area contributed by atoms with Crippen molar-refractivity contribution in [3.05, 3.63) is 51.4 Å². The Morgan fingerprint density at radius 2 is 2.00 bits per heavy atom. The number of aromatic nitrogens is 1. The fourth-order valence-electron chi connectivity index (χ4n) is 2.52. The summed E-state index contributed by atoms with van der Waals surface area (Å²) in [6.07, 6.45) is 3.56. The quantitative estimate of drug-likeness (QED) is 0.899. The van der Waals surface area contributed by atoms with Crippen molar-refractivity contribution in [1.82, 2.24) is 15.2 Å². The van der Waals surface area contributed by atoms with Gasteiger partial charge < -0.3 is 5.32 Å². The fourth-order valence-corrected chi connectivity index (χ4v) is 3.62. The van der Waals surface area contributed by atoms with Gasteiger partial charge in [-0.25, -0.2) is 0 Å². The van der Waals surface area contributed by atoms with Gasteiger partial charge in [-0.2, -0.15) is 0 Å². The number of hydrogen-bond acceptors (Lipinski definition) is 4. The van der Waals surface area contributed by atoms with Gasteiger partial charge in [-0.05, 0) is 23.1 Å². The van der Waals surface area contributed by atoms with Crippen molar-refractivity contribution < 1.29 is 0 Å². The average molecular weight is 367 g/mol. The second-order valence-corrected chi connectivity index (χ2v) is 5.99. The lowest BCUT2D eigenvalue weighted by molar-refractivity contribution is 0.200. The van der Waals surface area contributed by atoms with Crippen LogP contribution in [0, 0.1) is 0 Å². The normalized spacial score (nSPS) is 16.6. The molecule has 21 heavy (non-hydrogen) atoms. The van der Waals surface area contributed by atoms with E-state index in [9.17, 15) is 0 Å². The Labute approximate surface area is 146 Å². The number of thiophene rings is 1. The van der Waals surface area contributed by atoms with Crippen LogP contribution in [-0.4, -0.2) is 36.1 Å². The molecule has 0 aromatic carbocycles. The zero-order valence-electron chi connectivity index (χ0n) is 11.4.